The zero-order valence-corrected chi connectivity index (χ0v) is 14.6. The molecule has 0 fully saturated rings. The first-order valence-electron chi connectivity index (χ1n) is 8.32. The van der Waals surface area contributed by atoms with Crippen molar-refractivity contribution in [2.45, 2.75) is 6.54 Å². The van der Waals surface area contributed by atoms with Crippen LogP contribution in [0.5, 0.6) is 11.6 Å². The van der Waals surface area contributed by atoms with E-state index in [2.05, 4.69) is 9.97 Å². The van der Waals surface area contributed by atoms with Crippen molar-refractivity contribution < 1.29 is 14.4 Å². The van der Waals surface area contributed by atoms with E-state index in [1.807, 2.05) is 0 Å². The molecule has 0 atom stereocenters. The van der Waals surface area contributed by atoms with Crippen LogP contribution in [0.15, 0.2) is 72.2 Å². The number of fused-ring (bicyclic) bond motifs is 1. The zero-order chi connectivity index (χ0) is 18.8. The molecule has 0 N–H and O–H groups in total. The molecular formula is C20H16N4O3. The third-order valence-corrected chi connectivity index (χ3v) is 4.34. The van der Waals surface area contributed by atoms with Gasteiger partial charge in [0.25, 0.3) is 5.65 Å². The summed E-state index contributed by atoms with van der Waals surface area (Å²) in [4.78, 5) is 21.1. The van der Waals surface area contributed by atoms with E-state index in [-0.39, 0.29) is 23.5 Å². The lowest BCUT2D eigenvalue weighted by molar-refractivity contribution is -0.708. The number of pyridine rings is 1. The lowest BCUT2D eigenvalue weighted by Gasteiger charge is -2.18. The molecule has 7 nitrogen and oxygen atoms in total. The van der Waals surface area contributed by atoms with Gasteiger partial charge >= 0.3 is 5.56 Å². The lowest BCUT2D eigenvalue weighted by atomic mass is 10.1. The number of hydrogen-bond donors (Lipinski definition) is 0. The van der Waals surface area contributed by atoms with Crippen molar-refractivity contribution in [3.8, 4) is 22.8 Å². The summed E-state index contributed by atoms with van der Waals surface area (Å²) in [6.45, 7) is 0.246. The molecular weight excluding hydrogens is 344 g/mol. The van der Waals surface area contributed by atoms with Gasteiger partial charge in [0.15, 0.2) is 0 Å². The molecule has 0 unspecified atom stereocenters. The standard InChI is InChI=1S/C20H16N4O3/c1-27-16-7-3-2-6-15(16)18-19(25)23-9-5-4-8-17(23)24(20(18)26)12-14-10-21-13-22-11-14/h2-11,13H,12H2,1H3. The average molecular weight is 360 g/mol. The molecule has 134 valence electrons. The third kappa shape index (κ3) is 2.89. The van der Waals surface area contributed by atoms with Crippen molar-refractivity contribution in [3.05, 3.63) is 83.3 Å². The van der Waals surface area contributed by atoms with Crippen LogP contribution < -0.4 is 20.0 Å². The Labute approximate surface area is 154 Å². The second kappa shape index (κ2) is 6.87. The fourth-order valence-electron chi connectivity index (χ4n) is 3.11. The number of hydrogen-bond acceptors (Lipinski definition) is 5. The number of benzene rings is 1. The van der Waals surface area contributed by atoms with E-state index < -0.39 is 0 Å². The highest BCUT2D eigenvalue weighted by Crippen LogP contribution is 2.30. The number of rotatable bonds is 4. The minimum absolute atomic E-state index is 0.0630. The molecule has 0 bridgehead atoms. The van der Waals surface area contributed by atoms with Crippen molar-refractivity contribution in [1.29, 1.82) is 0 Å². The second-order valence-electron chi connectivity index (χ2n) is 5.95. The number of aromatic nitrogens is 4. The molecule has 3 heterocycles. The van der Waals surface area contributed by atoms with Gasteiger partial charge in [0.2, 0.25) is 0 Å². The summed E-state index contributed by atoms with van der Waals surface area (Å²) in [7, 11) is 1.51. The summed E-state index contributed by atoms with van der Waals surface area (Å²) in [5.41, 5.74) is 1.39. The zero-order valence-electron chi connectivity index (χ0n) is 14.6. The summed E-state index contributed by atoms with van der Waals surface area (Å²) in [6, 6.07) is 12.3. The molecule has 4 aromatic rings. The highest BCUT2D eigenvalue weighted by molar-refractivity contribution is 5.72. The summed E-state index contributed by atoms with van der Waals surface area (Å²) in [6.07, 6.45) is 6.37. The fraction of sp³-hybridized carbons (Fsp3) is 0.100. The van der Waals surface area contributed by atoms with Crippen LogP contribution in [0.2, 0.25) is 0 Å². The van der Waals surface area contributed by atoms with Crippen molar-refractivity contribution in [2.75, 3.05) is 7.11 Å². The summed E-state index contributed by atoms with van der Waals surface area (Å²) >= 11 is 0. The highest BCUT2D eigenvalue weighted by atomic mass is 16.5. The Morgan fingerprint density at radius 1 is 1.11 bits per heavy atom. The van der Waals surface area contributed by atoms with Gasteiger partial charge in [-0.25, -0.2) is 19.3 Å². The Bertz CT molecular complexity index is 1170. The van der Waals surface area contributed by atoms with Gasteiger partial charge in [0.05, 0.1) is 19.2 Å². The van der Waals surface area contributed by atoms with Gasteiger partial charge in [-0.2, -0.15) is 4.40 Å². The quantitative estimate of drug-likeness (QED) is 0.510. The van der Waals surface area contributed by atoms with E-state index in [0.717, 1.165) is 5.56 Å². The van der Waals surface area contributed by atoms with Gasteiger partial charge < -0.3 is 9.84 Å². The van der Waals surface area contributed by atoms with E-state index >= 15 is 0 Å². The second-order valence-corrected chi connectivity index (χ2v) is 5.95. The minimum atomic E-state index is -0.389. The van der Waals surface area contributed by atoms with E-state index in [9.17, 15) is 9.90 Å². The van der Waals surface area contributed by atoms with Gasteiger partial charge in [-0.05, 0) is 12.1 Å². The molecule has 7 heteroatoms. The monoisotopic (exact) mass is 360 g/mol. The molecule has 0 radical (unpaired) electrons. The minimum Gasteiger partial charge on any atom is -0.842 e. The van der Waals surface area contributed by atoms with Crippen molar-refractivity contribution in [2.24, 2.45) is 0 Å². The van der Waals surface area contributed by atoms with Crippen LogP contribution in [-0.4, -0.2) is 21.5 Å². The average Bonchev–Trinajstić information content (AvgIpc) is 2.72. The third-order valence-electron chi connectivity index (χ3n) is 4.34. The van der Waals surface area contributed by atoms with E-state index in [0.29, 0.717) is 17.0 Å². The summed E-state index contributed by atoms with van der Waals surface area (Å²) < 4.78 is 8.37. The first kappa shape index (κ1) is 16.7. The van der Waals surface area contributed by atoms with Crippen molar-refractivity contribution >= 4 is 5.65 Å². The Morgan fingerprint density at radius 3 is 2.63 bits per heavy atom. The van der Waals surface area contributed by atoms with Crippen LogP contribution in [0.1, 0.15) is 5.56 Å². The lowest BCUT2D eigenvalue weighted by Crippen LogP contribution is -2.44. The van der Waals surface area contributed by atoms with E-state index in [1.54, 1.807) is 65.6 Å². The Morgan fingerprint density at radius 2 is 1.85 bits per heavy atom. The maximum atomic E-state index is 13.3. The van der Waals surface area contributed by atoms with Gasteiger partial charge in [-0.15, -0.1) is 0 Å². The number of ether oxygens (including phenoxy) is 1. The van der Waals surface area contributed by atoms with Gasteiger partial charge in [-0.1, -0.05) is 24.3 Å². The van der Waals surface area contributed by atoms with Crippen molar-refractivity contribution in [3.63, 3.8) is 0 Å². The van der Waals surface area contributed by atoms with Crippen LogP contribution in [0, 0.1) is 0 Å². The molecule has 0 aliphatic heterocycles. The van der Waals surface area contributed by atoms with E-state index in [4.69, 9.17) is 4.74 Å². The molecule has 0 amide bonds. The van der Waals surface area contributed by atoms with Crippen molar-refractivity contribution in [1.82, 2.24) is 14.4 Å². The molecule has 0 aliphatic carbocycles. The largest absolute Gasteiger partial charge is 0.842 e. The molecule has 0 aliphatic rings. The predicted molar refractivity (Wildman–Crippen MR) is 96.4 cm³/mol. The van der Waals surface area contributed by atoms with Crippen LogP contribution >= 0.6 is 0 Å². The smallest absolute Gasteiger partial charge is 0.349 e. The first-order chi connectivity index (χ1) is 13.2. The van der Waals surface area contributed by atoms with Crippen LogP contribution in [0.4, 0.5) is 0 Å². The number of para-hydroxylation sites is 1. The Hall–Kier alpha value is -3.74. The maximum absolute atomic E-state index is 13.3. The molecule has 0 saturated carbocycles. The van der Waals surface area contributed by atoms with Gasteiger partial charge in [0.1, 0.15) is 24.2 Å². The Kier molecular flexibility index (Phi) is 4.25. The maximum Gasteiger partial charge on any atom is 0.349 e. The van der Waals surface area contributed by atoms with E-state index in [1.165, 1.54) is 17.8 Å². The molecule has 3 aromatic heterocycles. The molecule has 27 heavy (non-hydrogen) atoms. The molecule has 4 rings (SSSR count). The number of methoxy groups -OCH3 is 1. The molecule has 1 aromatic carbocycles. The molecule has 0 spiro atoms. The predicted octanol–water partition coefficient (Wildman–Crippen LogP) is 1.17. The fourth-order valence-corrected chi connectivity index (χ4v) is 3.11. The van der Waals surface area contributed by atoms with Crippen LogP contribution in [0.3, 0.4) is 0 Å². The normalized spacial score (nSPS) is 10.9. The Balaban J connectivity index is 2.05. The van der Waals surface area contributed by atoms with Crippen LogP contribution in [-0.2, 0) is 6.54 Å². The first-order valence-corrected chi connectivity index (χ1v) is 8.32. The number of nitrogens with zero attached hydrogens (tertiary/aromatic N) is 4. The SMILES string of the molecule is COc1ccccc1-c1c([O-])[n+](Cc2cncnc2)c2ccccn2c1=O. The van der Waals surface area contributed by atoms with Crippen LogP contribution in [0.25, 0.3) is 16.8 Å². The molecule has 0 saturated heterocycles. The summed E-state index contributed by atoms with van der Waals surface area (Å²) in [5.74, 6) is 0.0803. The highest BCUT2D eigenvalue weighted by Gasteiger charge is 2.22. The van der Waals surface area contributed by atoms with Gasteiger partial charge in [-0.3, -0.25) is 0 Å². The van der Waals surface area contributed by atoms with Gasteiger partial charge in [0, 0.05) is 29.6 Å². The topological polar surface area (TPSA) is 83.4 Å². The summed E-state index contributed by atoms with van der Waals surface area (Å²) in [5, 5.41) is 13.3.